The number of aryl methyl sites for hydroxylation is 2. The zero-order valence-electron chi connectivity index (χ0n) is 16.5. The fourth-order valence-corrected chi connectivity index (χ4v) is 4.44. The molecule has 0 spiro atoms. The summed E-state index contributed by atoms with van der Waals surface area (Å²) in [4.78, 5) is 0. The molecule has 1 aromatic heterocycles. The predicted octanol–water partition coefficient (Wildman–Crippen LogP) is 6.37. The summed E-state index contributed by atoms with van der Waals surface area (Å²) < 4.78 is 2.34. The van der Waals surface area contributed by atoms with Crippen LogP contribution in [0.15, 0.2) is 18.2 Å². The first-order chi connectivity index (χ1) is 12.8. The number of nitriles is 1. The summed E-state index contributed by atoms with van der Waals surface area (Å²) in [5.41, 5.74) is 3.96. The lowest BCUT2D eigenvalue weighted by Crippen LogP contribution is -2.14. The summed E-state index contributed by atoms with van der Waals surface area (Å²) in [5, 5.41) is 15.6. The second-order valence-electron chi connectivity index (χ2n) is 7.90. The number of aromatic nitrogens is 2. The third kappa shape index (κ3) is 4.29. The maximum Gasteiger partial charge on any atom is 0.0700 e. The molecule has 0 N–H and O–H groups in total. The van der Waals surface area contributed by atoms with E-state index in [0.29, 0.717) is 6.04 Å². The van der Waals surface area contributed by atoms with Gasteiger partial charge in [0.05, 0.1) is 23.3 Å². The van der Waals surface area contributed by atoms with E-state index < -0.39 is 0 Å². The Morgan fingerprint density at radius 3 is 2.69 bits per heavy atom. The number of nitrogens with zero attached hydrogens (tertiary/aromatic N) is 3. The van der Waals surface area contributed by atoms with Gasteiger partial charge in [-0.2, -0.15) is 10.4 Å². The lowest BCUT2D eigenvalue weighted by atomic mass is 9.95. The molecule has 1 saturated carbocycles. The van der Waals surface area contributed by atoms with Crippen molar-refractivity contribution < 1.29 is 0 Å². The fourth-order valence-electron chi connectivity index (χ4n) is 4.44. The molecule has 3 nitrogen and oxygen atoms in total. The average molecular weight is 352 g/mol. The SMILES string of the molecule is CCCC(C#N)CCCc1ccc2c(CC)nn(C3CCCCC3)c2c1. The van der Waals surface area contributed by atoms with Crippen LogP contribution in [0, 0.1) is 17.2 Å². The van der Waals surface area contributed by atoms with E-state index in [1.165, 1.54) is 54.3 Å². The minimum atomic E-state index is 0.225. The number of fused-ring (bicyclic) bond motifs is 1. The van der Waals surface area contributed by atoms with Gasteiger partial charge in [-0.25, -0.2) is 0 Å². The van der Waals surface area contributed by atoms with E-state index in [4.69, 9.17) is 5.10 Å². The maximum atomic E-state index is 9.24. The molecule has 1 aromatic carbocycles. The van der Waals surface area contributed by atoms with Crippen molar-refractivity contribution in [2.75, 3.05) is 0 Å². The Balaban J connectivity index is 1.77. The van der Waals surface area contributed by atoms with Crippen LogP contribution in [-0.4, -0.2) is 9.78 Å². The second-order valence-corrected chi connectivity index (χ2v) is 7.90. The van der Waals surface area contributed by atoms with Gasteiger partial charge in [-0.05, 0) is 56.6 Å². The molecule has 1 heterocycles. The van der Waals surface area contributed by atoms with Crippen LogP contribution in [0.3, 0.4) is 0 Å². The molecule has 1 aliphatic carbocycles. The summed E-state index contributed by atoms with van der Waals surface area (Å²) in [6, 6.07) is 9.97. The van der Waals surface area contributed by atoms with E-state index in [9.17, 15) is 5.26 Å². The Hall–Kier alpha value is -1.82. The van der Waals surface area contributed by atoms with Crippen molar-refractivity contribution >= 4 is 10.9 Å². The lowest BCUT2D eigenvalue weighted by Gasteiger charge is -2.23. The molecule has 3 heteroatoms. The van der Waals surface area contributed by atoms with Gasteiger partial charge < -0.3 is 0 Å². The Morgan fingerprint density at radius 1 is 1.19 bits per heavy atom. The zero-order valence-corrected chi connectivity index (χ0v) is 16.5. The average Bonchev–Trinajstić information content (AvgIpc) is 3.06. The van der Waals surface area contributed by atoms with Crippen LogP contribution in [0.4, 0.5) is 0 Å². The Bertz CT molecular complexity index is 747. The summed E-state index contributed by atoms with van der Waals surface area (Å²) in [5.74, 6) is 0.225. The van der Waals surface area contributed by atoms with Crippen LogP contribution in [-0.2, 0) is 12.8 Å². The highest BCUT2D eigenvalue weighted by Crippen LogP contribution is 2.32. The lowest BCUT2D eigenvalue weighted by molar-refractivity contribution is 0.336. The van der Waals surface area contributed by atoms with Gasteiger partial charge in [-0.15, -0.1) is 0 Å². The van der Waals surface area contributed by atoms with Gasteiger partial charge in [0.2, 0.25) is 0 Å². The topological polar surface area (TPSA) is 41.6 Å². The number of hydrogen-bond acceptors (Lipinski definition) is 2. The summed E-state index contributed by atoms with van der Waals surface area (Å²) in [6.07, 6.45) is 12.9. The Kier molecular flexibility index (Phi) is 6.72. The molecule has 140 valence electrons. The summed E-state index contributed by atoms with van der Waals surface area (Å²) in [7, 11) is 0. The molecule has 1 fully saturated rings. The van der Waals surface area contributed by atoms with E-state index >= 15 is 0 Å². The molecule has 1 atom stereocenters. The van der Waals surface area contributed by atoms with E-state index in [0.717, 1.165) is 38.5 Å². The molecule has 0 bridgehead atoms. The van der Waals surface area contributed by atoms with Crippen LogP contribution in [0.25, 0.3) is 10.9 Å². The van der Waals surface area contributed by atoms with Gasteiger partial charge in [0.25, 0.3) is 0 Å². The number of rotatable bonds is 8. The third-order valence-corrected chi connectivity index (χ3v) is 5.94. The van der Waals surface area contributed by atoms with Crippen LogP contribution in [0.5, 0.6) is 0 Å². The Morgan fingerprint density at radius 2 is 2.00 bits per heavy atom. The van der Waals surface area contributed by atoms with Gasteiger partial charge >= 0.3 is 0 Å². The smallest absolute Gasteiger partial charge is 0.0700 e. The molecule has 0 amide bonds. The van der Waals surface area contributed by atoms with Crippen molar-refractivity contribution in [1.29, 1.82) is 5.26 Å². The molecular weight excluding hydrogens is 318 g/mol. The first kappa shape index (κ1) is 19.0. The molecular formula is C23H33N3. The van der Waals surface area contributed by atoms with Gasteiger partial charge in [0.15, 0.2) is 0 Å². The largest absolute Gasteiger partial charge is 0.262 e. The zero-order chi connectivity index (χ0) is 18.4. The van der Waals surface area contributed by atoms with E-state index in [-0.39, 0.29) is 5.92 Å². The number of hydrogen-bond donors (Lipinski definition) is 0. The van der Waals surface area contributed by atoms with E-state index in [1.54, 1.807) is 0 Å². The van der Waals surface area contributed by atoms with Crippen LogP contribution >= 0.6 is 0 Å². The van der Waals surface area contributed by atoms with Gasteiger partial charge in [0.1, 0.15) is 0 Å². The first-order valence-corrected chi connectivity index (χ1v) is 10.7. The molecule has 26 heavy (non-hydrogen) atoms. The number of benzene rings is 1. The normalized spacial score (nSPS) is 16.7. The minimum absolute atomic E-state index is 0.225. The molecule has 0 aliphatic heterocycles. The van der Waals surface area contributed by atoms with Gasteiger partial charge in [-0.3, -0.25) is 4.68 Å². The highest BCUT2D eigenvalue weighted by atomic mass is 15.3. The summed E-state index contributed by atoms with van der Waals surface area (Å²) >= 11 is 0. The van der Waals surface area contributed by atoms with Crippen molar-refractivity contribution in [3.8, 4) is 6.07 Å². The molecule has 3 rings (SSSR count). The second kappa shape index (κ2) is 9.21. The fraction of sp³-hybridized carbons (Fsp3) is 0.652. The van der Waals surface area contributed by atoms with Gasteiger partial charge in [-0.1, -0.05) is 51.7 Å². The van der Waals surface area contributed by atoms with E-state index in [1.807, 2.05) is 0 Å². The van der Waals surface area contributed by atoms with Gasteiger partial charge in [0, 0.05) is 11.3 Å². The van der Waals surface area contributed by atoms with Crippen LogP contribution in [0.2, 0.25) is 0 Å². The quantitative estimate of drug-likeness (QED) is 0.554. The molecule has 1 unspecified atom stereocenters. The Labute approximate surface area is 158 Å². The monoisotopic (exact) mass is 351 g/mol. The highest BCUT2D eigenvalue weighted by Gasteiger charge is 2.20. The standard InChI is InChI=1S/C23H33N3/c1-3-9-19(17-24)11-8-10-18-14-15-21-22(4-2)25-26(23(21)16-18)20-12-6-5-7-13-20/h14-16,19-20H,3-13H2,1-2H3. The predicted molar refractivity (Wildman–Crippen MR) is 108 cm³/mol. The van der Waals surface area contributed by atoms with E-state index in [2.05, 4.69) is 42.8 Å². The van der Waals surface area contributed by atoms with Crippen molar-refractivity contribution in [3.63, 3.8) is 0 Å². The maximum absolute atomic E-state index is 9.24. The molecule has 2 aromatic rings. The van der Waals surface area contributed by atoms with Crippen molar-refractivity contribution in [3.05, 3.63) is 29.5 Å². The van der Waals surface area contributed by atoms with Crippen molar-refractivity contribution in [1.82, 2.24) is 9.78 Å². The molecule has 0 radical (unpaired) electrons. The van der Waals surface area contributed by atoms with Crippen molar-refractivity contribution in [2.45, 2.75) is 90.5 Å². The first-order valence-electron chi connectivity index (χ1n) is 10.7. The minimum Gasteiger partial charge on any atom is -0.262 e. The van der Waals surface area contributed by atoms with Crippen LogP contribution in [0.1, 0.15) is 88.9 Å². The van der Waals surface area contributed by atoms with Crippen LogP contribution < -0.4 is 0 Å². The molecule has 0 saturated heterocycles. The third-order valence-electron chi connectivity index (χ3n) is 5.94. The van der Waals surface area contributed by atoms with Crippen molar-refractivity contribution in [2.24, 2.45) is 5.92 Å². The molecule has 1 aliphatic rings. The summed E-state index contributed by atoms with van der Waals surface area (Å²) in [6.45, 7) is 4.37. The highest BCUT2D eigenvalue weighted by molar-refractivity contribution is 5.83.